The summed E-state index contributed by atoms with van der Waals surface area (Å²) in [6.45, 7) is 29.8. The Morgan fingerprint density at radius 3 is 0.714 bits per heavy atom. The summed E-state index contributed by atoms with van der Waals surface area (Å²) in [5.41, 5.74) is 11.4. The van der Waals surface area contributed by atoms with E-state index in [4.69, 9.17) is 0 Å². The first kappa shape index (κ1) is 38.9. The summed E-state index contributed by atoms with van der Waals surface area (Å²) in [6, 6.07) is 35.6. The Hall–Kier alpha value is -3.12. The molecule has 0 aliphatic rings. The smallest absolute Gasteiger partial charge is 0.00258 e. The van der Waals surface area contributed by atoms with Crippen LogP contribution in [0, 0.1) is 13.8 Å². The summed E-state index contributed by atoms with van der Waals surface area (Å²) >= 11 is 0. The van der Waals surface area contributed by atoms with E-state index in [-0.39, 0.29) is 10.8 Å². The zero-order valence-corrected chi connectivity index (χ0v) is 29.7. The van der Waals surface area contributed by atoms with Crippen LogP contribution in [0.4, 0.5) is 0 Å². The molecule has 0 atom stereocenters. The van der Waals surface area contributed by atoms with Crippen LogP contribution in [0.5, 0.6) is 0 Å². The molecule has 0 spiro atoms. The second kappa shape index (κ2) is 19.9. The largest absolute Gasteiger partial charge is 0.0683 e. The lowest BCUT2D eigenvalue weighted by Gasteiger charge is -2.20. The van der Waals surface area contributed by atoms with E-state index in [1.54, 1.807) is 0 Å². The summed E-state index contributed by atoms with van der Waals surface area (Å²) in [5, 5.41) is 0. The fourth-order valence-electron chi connectivity index (χ4n) is 4.13. The van der Waals surface area contributed by atoms with Crippen molar-refractivity contribution in [1.82, 2.24) is 0 Å². The second-order valence-corrected chi connectivity index (χ2v) is 12.2. The Morgan fingerprint density at radius 2 is 0.524 bits per heavy atom. The third-order valence-corrected chi connectivity index (χ3v) is 6.70. The molecule has 4 aromatic carbocycles. The summed E-state index contributed by atoms with van der Waals surface area (Å²) in [7, 11) is 0. The molecule has 0 N–H and O–H groups in total. The Labute approximate surface area is 261 Å². The highest BCUT2D eigenvalue weighted by molar-refractivity contribution is 5.34. The maximum Gasteiger partial charge on any atom is -0.00258 e. The molecule has 0 unspecified atom stereocenters. The van der Waals surface area contributed by atoms with Gasteiger partial charge in [0.05, 0.1) is 0 Å². The standard InChI is InChI=1S/C21H28.C15H16.3C2H6/c1-20(2,3)18-11-7-16(8-12-18)15-17-9-13-19(14-10-17)21(4,5)6;1-12-3-7-14(8-4-12)11-15-9-5-13(2)6-10-15;3*1-2/h7-14H,15H2,1-6H3;3-10H,11H2,1-2H3;3*1-2H3. The first-order chi connectivity index (χ1) is 19.9. The summed E-state index contributed by atoms with van der Waals surface area (Å²) < 4.78 is 0. The molecule has 0 aromatic heterocycles. The zero-order valence-electron chi connectivity index (χ0n) is 29.7. The quantitative estimate of drug-likeness (QED) is 0.230. The zero-order chi connectivity index (χ0) is 32.3. The molecule has 0 fully saturated rings. The van der Waals surface area contributed by atoms with Crippen LogP contribution in [0.3, 0.4) is 0 Å². The first-order valence-electron chi connectivity index (χ1n) is 16.2. The highest BCUT2D eigenvalue weighted by atomic mass is 14.2. The van der Waals surface area contributed by atoms with E-state index in [1.165, 1.54) is 44.5 Å². The molecule has 0 amide bonds. The summed E-state index contributed by atoms with van der Waals surface area (Å²) in [4.78, 5) is 0. The van der Waals surface area contributed by atoms with Gasteiger partial charge < -0.3 is 0 Å². The maximum absolute atomic E-state index is 2.26. The molecule has 0 aliphatic heterocycles. The normalized spacial score (nSPS) is 10.3. The molecule has 0 heterocycles. The maximum atomic E-state index is 2.26. The highest BCUT2D eigenvalue weighted by Gasteiger charge is 2.14. The van der Waals surface area contributed by atoms with Gasteiger partial charge in [0.2, 0.25) is 0 Å². The van der Waals surface area contributed by atoms with E-state index in [0.717, 1.165) is 12.8 Å². The summed E-state index contributed by atoms with van der Waals surface area (Å²) in [6.07, 6.45) is 2.04. The van der Waals surface area contributed by atoms with Crippen molar-refractivity contribution >= 4 is 0 Å². The average Bonchev–Trinajstić information content (AvgIpc) is 2.99. The monoisotopic (exact) mass is 566 g/mol. The van der Waals surface area contributed by atoms with Gasteiger partial charge in [-0.2, -0.15) is 0 Å². The Kier molecular flexibility index (Phi) is 18.4. The number of hydrogen-bond acceptors (Lipinski definition) is 0. The highest BCUT2D eigenvalue weighted by Crippen LogP contribution is 2.25. The molecule has 4 aromatic rings. The Morgan fingerprint density at radius 1 is 0.333 bits per heavy atom. The van der Waals surface area contributed by atoms with Crippen molar-refractivity contribution in [2.24, 2.45) is 0 Å². The van der Waals surface area contributed by atoms with E-state index in [0.29, 0.717) is 0 Å². The van der Waals surface area contributed by atoms with Gasteiger partial charge in [-0.15, -0.1) is 0 Å². The molecule has 0 saturated heterocycles. The molecule has 0 bridgehead atoms. The van der Waals surface area contributed by atoms with Gasteiger partial charge in [-0.05, 0) is 70.9 Å². The first-order valence-corrected chi connectivity index (χ1v) is 16.2. The summed E-state index contributed by atoms with van der Waals surface area (Å²) in [5.74, 6) is 0. The van der Waals surface area contributed by atoms with Gasteiger partial charge in [-0.1, -0.05) is 191 Å². The average molecular weight is 567 g/mol. The van der Waals surface area contributed by atoms with Crippen LogP contribution in [0.15, 0.2) is 97.1 Å². The van der Waals surface area contributed by atoms with Gasteiger partial charge in [-0.25, -0.2) is 0 Å². The molecule has 0 radical (unpaired) electrons. The predicted molar refractivity (Wildman–Crippen MR) is 192 cm³/mol. The van der Waals surface area contributed by atoms with Gasteiger partial charge in [0.25, 0.3) is 0 Å². The van der Waals surface area contributed by atoms with Crippen LogP contribution in [0.1, 0.15) is 128 Å². The van der Waals surface area contributed by atoms with E-state index >= 15 is 0 Å². The molecule has 42 heavy (non-hydrogen) atoms. The number of rotatable bonds is 4. The van der Waals surface area contributed by atoms with Crippen LogP contribution in [-0.2, 0) is 23.7 Å². The van der Waals surface area contributed by atoms with Crippen molar-refractivity contribution in [2.45, 2.75) is 121 Å². The van der Waals surface area contributed by atoms with Crippen LogP contribution in [0.25, 0.3) is 0 Å². The minimum Gasteiger partial charge on any atom is -0.0683 e. The van der Waals surface area contributed by atoms with Crippen molar-refractivity contribution in [3.8, 4) is 0 Å². The molecule has 0 heteroatoms. The predicted octanol–water partition coefficient (Wildman–Crippen LogP) is 12.8. The molecule has 4 rings (SSSR count). The fraction of sp³-hybridized carbons (Fsp3) is 0.429. The molecule has 0 aliphatic carbocycles. The third-order valence-electron chi connectivity index (χ3n) is 6.70. The molecular formula is C42H62. The molecule has 230 valence electrons. The van der Waals surface area contributed by atoms with E-state index < -0.39 is 0 Å². The van der Waals surface area contributed by atoms with Gasteiger partial charge >= 0.3 is 0 Å². The number of hydrogen-bond donors (Lipinski definition) is 0. The Balaban J connectivity index is 0.000000703. The minimum atomic E-state index is 0.229. The van der Waals surface area contributed by atoms with Crippen molar-refractivity contribution in [2.75, 3.05) is 0 Å². The van der Waals surface area contributed by atoms with Crippen molar-refractivity contribution in [3.63, 3.8) is 0 Å². The van der Waals surface area contributed by atoms with E-state index in [2.05, 4.69) is 152 Å². The van der Waals surface area contributed by atoms with Crippen LogP contribution in [0.2, 0.25) is 0 Å². The lowest BCUT2D eigenvalue weighted by molar-refractivity contribution is 0.590. The van der Waals surface area contributed by atoms with E-state index in [1.807, 2.05) is 41.5 Å². The SMILES string of the molecule is CC.CC.CC.CC(C)(C)c1ccc(Cc2ccc(C(C)(C)C)cc2)cc1.Cc1ccc(Cc2ccc(C)cc2)cc1. The third kappa shape index (κ3) is 14.7. The second-order valence-electron chi connectivity index (χ2n) is 12.2. The van der Waals surface area contributed by atoms with Crippen LogP contribution >= 0.6 is 0 Å². The minimum absolute atomic E-state index is 0.229. The lowest BCUT2D eigenvalue weighted by Crippen LogP contribution is -2.11. The Bertz CT molecular complexity index is 1090. The molecule has 0 nitrogen and oxygen atoms in total. The van der Waals surface area contributed by atoms with Crippen LogP contribution < -0.4 is 0 Å². The van der Waals surface area contributed by atoms with Gasteiger partial charge in [0.15, 0.2) is 0 Å². The van der Waals surface area contributed by atoms with Crippen molar-refractivity contribution in [1.29, 1.82) is 0 Å². The lowest BCUT2D eigenvalue weighted by atomic mass is 9.85. The van der Waals surface area contributed by atoms with Gasteiger partial charge in [-0.3, -0.25) is 0 Å². The van der Waals surface area contributed by atoms with E-state index in [9.17, 15) is 0 Å². The van der Waals surface area contributed by atoms with Gasteiger partial charge in [0.1, 0.15) is 0 Å². The number of benzene rings is 4. The van der Waals surface area contributed by atoms with Crippen LogP contribution in [-0.4, -0.2) is 0 Å². The number of aryl methyl sites for hydroxylation is 2. The van der Waals surface area contributed by atoms with Gasteiger partial charge in [0, 0.05) is 0 Å². The van der Waals surface area contributed by atoms with Crippen molar-refractivity contribution < 1.29 is 0 Å². The molecular weight excluding hydrogens is 504 g/mol. The fourth-order valence-corrected chi connectivity index (χ4v) is 4.13. The topological polar surface area (TPSA) is 0 Å². The van der Waals surface area contributed by atoms with Crippen molar-refractivity contribution in [3.05, 3.63) is 142 Å². The molecule has 0 saturated carbocycles.